The van der Waals surface area contributed by atoms with Crippen LogP contribution in [0.3, 0.4) is 0 Å². The molecule has 0 bridgehead atoms. The van der Waals surface area contributed by atoms with Gasteiger partial charge in [0, 0.05) is 16.7 Å². The largest absolute Gasteiger partial charge is 0.481 e. The number of carbonyl (C=O) groups excluding carboxylic acids is 1. The molecule has 0 saturated carbocycles. The Morgan fingerprint density at radius 3 is 2.64 bits per heavy atom. The van der Waals surface area contributed by atoms with Crippen molar-refractivity contribution in [3.63, 3.8) is 0 Å². The molecule has 2 aromatic carbocycles. The molecule has 6 heteroatoms. The number of halogens is 1. The van der Waals surface area contributed by atoms with E-state index in [1.54, 1.807) is 37.3 Å². The molecule has 25 heavy (non-hydrogen) atoms. The Labute approximate surface area is 150 Å². The van der Waals surface area contributed by atoms with Crippen molar-refractivity contribution in [1.29, 1.82) is 0 Å². The van der Waals surface area contributed by atoms with Gasteiger partial charge in [0.05, 0.1) is 6.54 Å². The monoisotopic (exact) mass is 356 g/mol. The maximum absolute atomic E-state index is 12.1. The molecule has 3 aromatic rings. The van der Waals surface area contributed by atoms with E-state index < -0.39 is 6.10 Å². The number of hydrogen-bond acceptors (Lipinski definition) is 4. The second-order valence-corrected chi connectivity index (χ2v) is 5.92. The smallest absolute Gasteiger partial charge is 0.261 e. The molecule has 1 heterocycles. The molecule has 1 atom stereocenters. The molecular formula is C19H17ClN2O3. The SMILES string of the molecule is CC(Oc1ccccc1)C(=O)NCc1cc(-c2ccc(Cl)cc2)on1. The first-order valence-corrected chi connectivity index (χ1v) is 8.20. The summed E-state index contributed by atoms with van der Waals surface area (Å²) < 4.78 is 10.9. The molecule has 1 N–H and O–H groups in total. The predicted octanol–water partition coefficient (Wildman–Crippen LogP) is 4.08. The zero-order valence-corrected chi connectivity index (χ0v) is 14.4. The number of aromatic nitrogens is 1. The van der Waals surface area contributed by atoms with E-state index in [9.17, 15) is 4.79 Å². The molecule has 0 aliphatic carbocycles. The average Bonchev–Trinajstić information content (AvgIpc) is 3.10. The van der Waals surface area contributed by atoms with Gasteiger partial charge in [0.25, 0.3) is 5.91 Å². The molecular weight excluding hydrogens is 340 g/mol. The molecule has 0 aliphatic heterocycles. The number of benzene rings is 2. The molecule has 0 spiro atoms. The highest BCUT2D eigenvalue weighted by atomic mass is 35.5. The van der Waals surface area contributed by atoms with Crippen molar-refractivity contribution in [2.75, 3.05) is 0 Å². The fourth-order valence-electron chi connectivity index (χ4n) is 2.22. The van der Waals surface area contributed by atoms with Crippen molar-refractivity contribution < 1.29 is 14.1 Å². The molecule has 3 rings (SSSR count). The van der Waals surface area contributed by atoms with E-state index in [1.165, 1.54) is 0 Å². The summed E-state index contributed by atoms with van der Waals surface area (Å²) in [5, 5.41) is 7.41. The number of ether oxygens (including phenoxy) is 1. The molecule has 1 unspecified atom stereocenters. The minimum Gasteiger partial charge on any atom is -0.481 e. The highest BCUT2D eigenvalue weighted by molar-refractivity contribution is 6.30. The van der Waals surface area contributed by atoms with E-state index in [4.69, 9.17) is 20.9 Å². The van der Waals surface area contributed by atoms with E-state index in [-0.39, 0.29) is 12.5 Å². The molecule has 0 radical (unpaired) electrons. The van der Waals surface area contributed by atoms with Gasteiger partial charge in [0.15, 0.2) is 11.9 Å². The van der Waals surface area contributed by atoms with Crippen molar-refractivity contribution in [2.24, 2.45) is 0 Å². The number of hydrogen-bond donors (Lipinski definition) is 1. The minimum absolute atomic E-state index is 0.222. The minimum atomic E-state index is -0.606. The van der Waals surface area contributed by atoms with Crippen LogP contribution in [-0.2, 0) is 11.3 Å². The lowest BCUT2D eigenvalue weighted by atomic mass is 10.1. The highest BCUT2D eigenvalue weighted by Crippen LogP contribution is 2.22. The number of para-hydroxylation sites is 1. The van der Waals surface area contributed by atoms with E-state index in [2.05, 4.69) is 10.5 Å². The van der Waals surface area contributed by atoms with Gasteiger partial charge in [0.1, 0.15) is 11.4 Å². The number of rotatable bonds is 6. The van der Waals surface area contributed by atoms with Crippen molar-refractivity contribution in [3.8, 4) is 17.1 Å². The number of nitrogens with one attached hydrogen (secondary N) is 1. The van der Waals surface area contributed by atoms with Gasteiger partial charge in [-0.15, -0.1) is 0 Å². The maximum atomic E-state index is 12.1. The molecule has 0 aliphatic rings. The highest BCUT2D eigenvalue weighted by Gasteiger charge is 2.15. The lowest BCUT2D eigenvalue weighted by Crippen LogP contribution is -2.35. The van der Waals surface area contributed by atoms with Crippen molar-refractivity contribution in [3.05, 3.63) is 71.4 Å². The second-order valence-electron chi connectivity index (χ2n) is 5.48. The summed E-state index contributed by atoms with van der Waals surface area (Å²) in [6.45, 7) is 1.96. The molecule has 1 aromatic heterocycles. The van der Waals surface area contributed by atoms with Crippen LogP contribution in [0.1, 0.15) is 12.6 Å². The third-order valence-electron chi connectivity index (χ3n) is 3.56. The van der Waals surface area contributed by atoms with Crippen LogP contribution in [0.15, 0.2) is 65.2 Å². The fourth-order valence-corrected chi connectivity index (χ4v) is 2.35. The number of nitrogens with zero attached hydrogens (tertiary/aromatic N) is 1. The van der Waals surface area contributed by atoms with Crippen LogP contribution in [0, 0.1) is 0 Å². The first-order valence-electron chi connectivity index (χ1n) is 7.83. The van der Waals surface area contributed by atoms with Crippen LogP contribution >= 0.6 is 11.6 Å². The summed E-state index contributed by atoms with van der Waals surface area (Å²) in [7, 11) is 0. The van der Waals surface area contributed by atoms with Gasteiger partial charge in [-0.3, -0.25) is 4.79 Å². The van der Waals surface area contributed by atoms with Gasteiger partial charge in [-0.2, -0.15) is 0 Å². The van der Waals surface area contributed by atoms with E-state index in [0.717, 1.165) is 5.56 Å². The van der Waals surface area contributed by atoms with Crippen LogP contribution in [0.25, 0.3) is 11.3 Å². The maximum Gasteiger partial charge on any atom is 0.261 e. The quantitative estimate of drug-likeness (QED) is 0.722. The molecule has 128 valence electrons. The first-order chi connectivity index (χ1) is 12.1. The van der Waals surface area contributed by atoms with Crippen LogP contribution < -0.4 is 10.1 Å². The fraction of sp³-hybridized carbons (Fsp3) is 0.158. The van der Waals surface area contributed by atoms with Crippen LogP contribution in [-0.4, -0.2) is 17.2 Å². The molecule has 0 fully saturated rings. The third-order valence-corrected chi connectivity index (χ3v) is 3.81. The van der Waals surface area contributed by atoms with E-state index >= 15 is 0 Å². The lowest BCUT2D eigenvalue weighted by molar-refractivity contribution is -0.127. The number of carbonyl (C=O) groups is 1. The van der Waals surface area contributed by atoms with Gasteiger partial charge in [-0.1, -0.05) is 35.0 Å². The van der Waals surface area contributed by atoms with Gasteiger partial charge in [0.2, 0.25) is 0 Å². The zero-order chi connectivity index (χ0) is 17.6. The lowest BCUT2D eigenvalue weighted by Gasteiger charge is -2.13. The Hall–Kier alpha value is -2.79. The Bertz CT molecular complexity index is 831. The van der Waals surface area contributed by atoms with E-state index in [1.807, 2.05) is 30.3 Å². The average molecular weight is 357 g/mol. The Kier molecular flexibility index (Phi) is 5.36. The third kappa shape index (κ3) is 4.61. The van der Waals surface area contributed by atoms with Crippen LogP contribution in [0.5, 0.6) is 5.75 Å². The molecule has 0 saturated heterocycles. The molecule has 1 amide bonds. The summed E-state index contributed by atoms with van der Waals surface area (Å²) in [4.78, 5) is 12.1. The topological polar surface area (TPSA) is 64.4 Å². The van der Waals surface area contributed by atoms with Gasteiger partial charge in [-0.25, -0.2) is 0 Å². The summed E-state index contributed by atoms with van der Waals surface area (Å²) >= 11 is 5.87. The zero-order valence-electron chi connectivity index (χ0n) is 13.6. The van der Waals surface area contributed by atoms with Crippen molar-refractivity contribution in [2.45, 2.75) is 19.6 Å². The van der Waals surface area contributed by atoms with Gasteiger partial charge >= 0.3 is 0 Å². The van der Waals surface area contributed by atoms with Crippen LogP contribution in [0.2, 0.25) is 5.02 Å². The summed E-state index contributed by atoms with van der Waals surface area (Å²) in [5.41, 5.74) is 1.50. The van der Waals surface area contributed by atoms with Gasteiger partial charge in [-0.05, 0) is 43.3 Å². The first kappa shape index (κ1) is 17.0. The Morgan fingerprint density at radius 2 is 1.92 bits per heavy atom. The normalized spacial score (nSPS) is 11.8. The summed E-state index contributed by atoms with van der Waals surface area (Å²) in [6, 6.07) is 18.3. The summed E-state index contributed by atoms with van der Waals surface area (Å²) in [6.07, 6.45) is -0.606. The standard InChI is InChI=1S/C19H17ClN2O3/c1-13(24-17-5-3-2-4-6-17)19(23)21-12-16-11-18(25-22-16)14-7-9-15(20)10-8-14/h2-11,13H,12H2,1H3,(H,21,23). The predicted molar refractivity (Wildman–Crippen MR) is 95.3 cm³/mol. The van der Waals surface area contributed by atoms with Crippen molar-refractivity contribution in [1.82, 2.24) is 10.5 Å². The Morgan fingerprint density at radius 1 is 1.20 bits per heavy atom. The van der Waals surface area contributed by atoms with Crippen LogP contribution in [0.4, 0.5) is 0 Å². The Balaban J connectivity index is 1.54. The van der Waals surface area contributed by atoms with Crippen molar-refractivity contribution >= 4 is 17.5 Å². The van der Waals surface area contributed by atoms with E-state index in [0.29, 0.717) is 22.2 Å². The second kappa shape index (κ2) is 7.85. The summed E-state index contributed by atoms with van der Waals surface area (Å²) in [5.74, 6) is 1.05. The van der Waals surface area contributed by atoms with Gasteiger partial charge < -0.3 is 14.6 Å². The molecule has 5 nitrogen and oxygen atoms in total. The number of amides is 1.